The van der Waals surface area contributed by atoms with Crippen LogP contribution in [0.5, 0.6) is 0 Å². The molecule has 1 aliphatic heterocycles. The Kier molecular flexibility index (Phi) is 4.52. The zero-order valence-electron chi connectivity index (χ0n) is 15.4. The van der Waals surface area contributed by atoms with Crippen molar-refractivity contribution in [2.75, 3.05) is 12.8 Å². The maximum Gasteiger partial charge on any atom is 0.203 e. The minimum atomic E-state index is -2.58. The summed E-state index contributed by atoms with van der Waals surface area (Å²) in [5, 5.41) is 4.71. The molecule has 4 rings (SSSR count). The van der Waals surface area contributed by atoms with E-state index in [1.54, 1.807) is 7.05 Å². The molecule has 0 spiro atoms. The van der Waals surface area contributed by atoms with E-state index in [4.69, 9.17) is 21.9 Å². The van der Waals surface area contributed by atoms with Crippen LogP contribution in [0.25, 0.3) is 21.9 Å². The molecule has 1 aliphatic rings. The molecule has 0 amide bonds. The largest absolute Gasteiger partial charge is 0.369 e. The van der Waals surface area contributed by atoms with Gasteiger partial charge in [0.1, 0.15) is 11.2 Å². The topological polar surface area (TPSA) is 84.7 Å². The zero-order chi connectivity index (χ0) is 20.1. The first-order chi connectivity index (χ1) is 13.2. The fourth-order valence-electron chi connectivity index (χ4n) is 3.17. The Morgan fingerprint density at radius 3 is 2.75 bits per heavy atom. The Hall–Kier alpha value is -2.29. The van der Waals surface area contributed by atoms with Gasteiger partial charge in [0.25, 0.3) is 0 Å². The number of nitrogens with two attached hydrogens (primary N) is 1. The van der Waals surface area contributed by atoms with Crippen LogP contribution in [0.1, 0.15) is 11.8 Å². The molecule has 3 heterocycles. The molecule has 0 fully saturated rings. The van der Waals surface area contributed by atoms with E-state index in [0.717, 1.165) is 15.3 Å². The summed E-state index contributed by atoms with van der Waals surface area (Å²) < 4.78 is 19.8. The van der Waals surface area contributed by atoms with Crippen molar-refractivity contribution in [3.05, 3.63) is 52.4 Å². The lowest BCUT2D eigenvalue weighted by molar-refractivity contribution is 0.435. The minimum Gasteiger partial charge on any atom is -0.369 e. The van der Waals surface area contributed by atoms with Crippen molar-refractivity contribution in [3.8, 4) is 21.9 Å². The molecule has 1 unspecified atom stereocenters. The summed E-state index contributed by atoms with van der Waals surface area (Å²) in [7, 11) is -0.944. The molecular weight excluding hydrogens is 416 g/mol. The molecular formula is C19H19ClN4O2S2. The van der Waals surface area contributed by atoms with E-state index >= 15 is 0 Å². The Morgan fingerprint density at radius 1 is 1.36 bits per heavy atom. The van der Waals surface area contributed by atoms with Crippen LogP contribution in [0.15, 0.2) is 52.0 Å². The lowest BCUT2D eigenvalue weighted by Gasteiger charge is -2.36. The molecule has 0 bridgehead atoms. The summed E-state index contributed by atoms with van der Waals surface area (Å²) in [5.41, 5.74) is 6.80. The number of thiophene rings is 1. The number of hydrogen-bond donors (Lipinski definition) is 1. The number of aromatic nitrogens is 1. The molecule has 146 valence electrons. The molecule has 0 radical (unpaired) electrons. The van der Waals surface area contributed by atoms with Crippen molar-refractivity contribution in [2.45, 2.75) is 12.5 Å². The third-order valence-corrected chi connectivity index (χ3v) is 8.71. The molecule has 1 aromatic carbocycles. The molecule has 6 nitrogen and oxygen atoms in total. The second-order valence-corrected chi connectivity index (χ2v) is 10.7. The maximum atomic E-state index is 12.9. The number of benzene rings is 1. The van der Waals surface area contributed by atoms with Gasteiger partial charge < -0.3 is 10.3 Å². The molecule has 0 aliphatic carbocycles. The van der Waals surface area contributed by atoms with Crippen molar-refractivity contribution in [1.29, 1.82) is 0 Å². The van der Waals surface area contributed by atoms with Gasteiger partial charge >= 0.3 is 0 Å². The Labute approximate surface area is 172 Å². The third-order valence-electron chi connectivity index (χ3n) is 4.69. The normalized spacial score (nSPS) is 25.0. The van der Waals surface area contributed by atoms with Crippen LogP contribution in [0.3, 0.4) is 0 Å². The maximum absolute atomic E-state index is 12.9. The molecule has 28 heavy (non-hydrogen) atoms. The summed E-state index contributed by atoms with van der Waals surface area (Å²) in [6, 6.07) is 13.4. The number of hydrogen-bond acceptors (Lipinski definition) is 6. The minimum absolute atomic E-state index is 0.188. The third kappa shape index (κ3) is 3.21. The van der Waals surface area contributed by atoms with E-state index < -0.39 is 15.2 Å². The van der Waals surface area contributed by atoms with Gasteiger partial charge in [-0.1, -0.05) is 47.1 Å². The fraction of sp³-hybridized carbons (Fsp3) is 0.211. The van der Waals surface area contributed by atoms with Crippen molar-refractivity contribution in [3.63, 3.8) is 0 Å². The molecule has 0 saturated heterocycles. The van der Waals surface area contributed by atoms with E-state index in [1.165, 1.54) is 15.6 Å². The van der Waals surface area contributed by atoms with E-state index in [1.807, 2.05) is 49.4 Å². The first-order valence-corrected chi connectivity index (χ1v) is 11.5. The number of nitrogens with zero attached hydrogens (tertiary/aromatic N) is 3. The molecule has 2 aromatic heterocycles. The first-order valence-electron chi connectivity index (χ1n) is 8.46. The van der Waals surface area contributed by atoms with Gasteiger partial charge in [-0.2, -0.15) is 0 Å². The predicted octanol–water partition coefficient (Wildman–Crippen LogP) is 3.83. The van der Waals surface area contributed by atoms with E-state index in [9.17, 15) is 4.21 Å². The fourth-order valence-corrected chi connectivity index (χ4v) is 6.51. The Bertz CT molecular complexity index is 1170. The number of halogens is 1. The van der Waals surface area contributed by atoms with Gasteiger partial charge in [0, 0.05) is 18.7 Å². The highest BCUT2D eigenvalue weighted by molar-refractivity contribution is 7.98. The highest BCUT2D eigenvalue weighted by Gasteiger charge is 2.39. The average molecular weight is 435 g/mol. The number of aliphatic imine (C=N–C) groups is 1. The van der Waals surface area contributed by atoms with Crippen molar-refractivity contribution >= 4 is 44.5 Å². The monoisotopic (exact) mass is 434 g/mol. The number of guanidine groups is 1. The lowest BCUT2D eigenvalue weighted by atomic mass is 10.0. The van der Waals surface area contributed by atoms with Crippen LogP contribution in [0, 0.1) is 0 Å². The average Bonchev–Trinajstić information content (AvgIpc) is 3.27. The lowest BCUT2D eigenvalue weighted by Crippen LogP contribution is -2.50. The van der Waals surface area contributed by atoms with Gasteiger partial charge in [0.15, 0.2) is 5.76 Å². The van der Waals surface area contributed by atoms with E-state index in [-0.39, 0.29) is 11.7 Å². The van der Waals surface area contributed by atoms with Crippen molar-refractivity contribution in [1.82, 2.24) is 9.46 Å². The van der Waals surface area contributed by atoms with Gasteiger partial charge in [-0.15, -0.1) is 11.3 Å². The second-order valence-electron chi connectivity index (χ2n) is 6.89. The van der Waals surface area contributed by atoms with Crippen LogP contribution >= 0.6 is 22.9 Å². The summed E-state index contributed by atoms with van der Waals surface area (Å²) in [6.07, 6.45) is 0. The number of rotatable bonds is 3. The summed E-state index contributed by atoms with van der Waals surface area (Å²) in [6.45, 7) is 1.87. The van der Waals surface area contributed by atoms with Gasteiger partial charge in [-0.25, -0.2) is 9.20 Å². The molecule has 2 N–H and O–H groups in total. The van der Waals surface area contributed by atoms with Gasteiger partial charge in [0.2, 0.25) is 5.96 Å². The van der Waals surface area contributed by atoms with Crippen LogP contribution in [0.2, 0.25) is 5.02 Å². The quantitative estimate of drug-likeness (QED) is 0.635. The Morgan fingerprint density at radius 2 is 2.07 bits per heavy atom. The second kappa shape index (κ2) is 6.65. The summed E-state index contributed by atoms with van der Waals surface area (Å²) in [4.78, 5) is 6.19. The molecule has 2 atom stereocenters. The van der Waals surface area contributed by atoms with Crippen molar-refractivity contribution in [2.24, 2.45) is 10.7 Å². The smallest absolute Gasteiger partial charge is 0.203 e. The molecule has 0 saturated carbocycles. The first kappa shape index (κ1) is 19.0. The van der Waals surface area contributed by atoms with Gasteiger partial charge in [-0.3, -0.25) is 4.31 Å². The summed E-state index contributed by atoms with van der Waals surface area (Å²) in [5.74, 6) is 4.93. The van der Waals surface area contributed by atoms with Gasteiger partial charge in [0.05, 0.1) is 30.2 Å². The van der Waals surface area contributed by atoms with Crippen LogP contribution < -0.4 is 5.73 Å². The van der Waals surface area contributed by atoms with E-state index in [2.05, 4.69) is 16.0 Å². The SMILES string of the molecule is C=S1(=O)C[C@@](C)(c2sc(-c3cc(-c4ccccc4)on3)cc2Cl)N=C(N)N1C. The highest BCUT2D eigenvalue weighted by Crippen LogP contribution is 2.44. The molecule has 3 aromatic rings. The molecule has 9 heteroatoms. The highest BCUT2D eigenvalue weighted by atomic mass is 35.5. The van der Waals surface area contributed by atoms with Gasteiger partial charge in [-0.05, 0) is 18.9 Å². The predicted molar refractivity (Wildman–Crippen MR) is 117 cm³/mol. The Balaban J connectivity index is 1.73. The zero-order valence-corrected chi connectivity index (χ0v) is 17.8. The summed E-state index contributed by atoms with van der Waals surface area (Å²) >= 11 is 7.98. The van der Waals surface area contributed by atoms with Crippen LogP contribution in [-0.4, -0.2) is 38.3 Å². The van der Waals surface area contributed by atoms with Crippen molar-refractivity contribution < 1.29 is 8.73 Å². The standard InChI is InChI=1S/C19H19ClN4O2S2/c1-19(11-28(3,25)24(2)18(21)22-19)17-13(20)9-16(27-17)14-10-15(26-23-14)12-7-5-4-6-8-12/h4-10H,3,11H2,1-2H3,(H2,21,22)/t19-,28?/m0/s1. The van der Waals surface area contributed by atoms with E-state index in [0.29, 0.717) is 16.5 Å². The van der Waals surface area contributed by atoms with Crippen LogP contribution in [0.4, 0.5) is 0 Å². The van der Waals surface area contributed by atoms with Crippen LogP contribution in [-0.2, 0) is 15.2 Å².